The molecule has 6 aromatic rings. The summed E-state index contributed by atoms with van der Waals surface area (Å²) < 4.78 is 0. The molecule has 6 rings (SSSR count). The Hall–Kier alpha value is -4.23. The van der Waals surface area contributed by atoms with Gasteiger partial charge < -0.3 is 4.98 Å². The molecule has 0 aliphatic rings. The first kappa shape index (κ1) is 19.5. The van der Waals surface area contributed by atoms with Crippen molar-refractivity contribution >= 4 is 33.3 Å². The summed E-state index contributed by atoms with van der Waals surface area (Å²) in [4.78, 5) is 36.6. The number of benzene rings is 1. The van der Waals surface area contributed by atoms with Crippen LogP contribution in [0.3, 0.4) is 0 Å². The summed E-state index contributed by atoms with van der Waals surface area (Å²) in [6, 6.07) is 16.2. The predicted molar refractivity (Wildman–Crippen MR) is 132 cm³/mol. The average Bonchev–Trinajstić information content (AvgIpc) is 3.30. The topological polar surface area (TPSA) is 84.4 Å². The number of aryl methyl sites for hydroxylation is 1. The van der Waals surface area contributed by atoms with Gasteiger partial charge in [0.1, 0.15) is 5.65 Å². The lowest BCUT2D eigenvalue weighted by molar-refractivity contribution is 1.19. The molecule has 0 radical (unpaired) electrons. The summed E-state index contributed by atoms with van der Waals surface area (Å²) in [7, 11) is 0. The molecule has 0 bridgehead atoms. The van der Waals surface area contributed by atoms with Crippen molar-refractivity contribution in [3.8, 4) is 33.0 Å². The lowest BCUT2D eigenvalue weighted by Gasteiger charge is -2.11. The van der Waals surface area contributed by atoms with Crippen LogP contribution < -0.4 is 5.43 Å². The molecule has 0 saturated heterocycles. The molecule has 6 nitrogen and oxygen atoms in total. The fraction of sp³-hybridized carbons (Fsp3) is 0.0385. The highest BCUT2D eigenvalue weighted by Crippen LogP contribution is 2.37. The number of H-pyrrole nitrogens is 1. The number of nitrogens with zero attached hydrogens (tertiary/aromatic N) is 4. The van der Waals surface area contributed by atoms with Gasteiger partial charge in [0.05, 0.1) is 38.9 Å². The van der Waals surface area contributed by atoms with Gasteiger partial charge in [0.15, 0.2) is 5.43 Å². The lowest BCUT2D eigenvalue weighted by atomic mass is 9.99. The van der Waals surface area contributed by atoms with Crippen LogP contribution in [0.25, 0.3) is 54.9 Å². The van der Waals surface area contributed by atoms with E-state index in [4.69, 9.17) is 4.98 Å². The second kappa shape index (κ2) is 7.72. The quantitative estimate of drug-likeness (QED) is 0.380. The second-order valence-corrected chi connectivity index (χ2v) is 9.01. The van der Waals surface area contributed by atoms with Crippen LogP contribution in [0.15, 0.2) is 84.3 Å². The van der Waals surface area contributed by atoms with Gasteiger partial charge in [-0.15, -0.1) is 11.3 Å². The van der Waals surface area contributed by atoms with Crippen LogP contribution in [0.1, 0.15) is 4.88 Å². The number of thiophene rings is 1. The molecule has 33 heavy (non-hydrogen) atoms. The number of hydrogen-bond acceptors (Lipinski definition) is 6. The Balaban J connectivity index is 1.65. The third kappa shape index (κ3) is 3.39. The normalized spacial score (nSPS) is 11.3. The molecule has 5 aromatic heterocycles. The lowest BCUT2D eigenvalue weighted by Crippen LogP contribution is -2.09. The number of aromatic nitrogens is 5. The number of rotatable bonds is 3. The van der Waals surface area contributed by atoms with E-state index in [1.807, 2.05) is 30.3 Å². The summed E-state index contributed by atoms with van der Waals surface area (Å²) in [6.45, 7) is 2.08. The fourth-order valence-corrected chi connectivity index (χ4v) is 4.86. The molecular weight excluding hydrogens is 430 g/mol. The first-order chi connectivity index (χ1) is 16.2. The van der Waals surface area contributed by atoms with Gasteiger partial charge in [0, 0.05) is 40.6 Å². The molecule has 0 saturated carbocycles. The van der Waals surface area contributed by atoms with Crippen LogP contribution in [-0.2, 0) is 0 Å². The Kier molecular flexibility index (Phi) is 4.55. The van der Waals surface area contributed by atoms with Gasteiger partial charge in [-0.05, 0) is 48.9 Å². The van der Waals surface area contributed by atoms with E-state index in [9.17, 15) is 4.79 Å². The molecular formula is C26H17N5OS. The maximum atomic E-state index is 13.4. The Labute approximate surface area is 192 Å². The van der Waals surface area contributed by atoms with E-state index in [0.717, 1.165) is 32.6 Å². The monoisotopic (exact) mass is 447 g/mol. The van der Waals surface area contributed by atoms with Crippen LogP contribution in [-0.4, -0.2) is 24.9 Å². The summed E-state index contributed by atoms with van der Waals surface area (Å²) in [5.41, 5.74) is 5.04. The van der Waals surface area contributed by atoms with Crippen molar-refractivity contribution < 1.29 is 0 Å². The third-order valence-electron chi connectivity index (χ3n) is 5.59. The van der Waals surface area contributed by atoms with Crippen molar-refractivity contribution in [2.24, 2.45) is 0 Å². The van der Waals surface area contributed by atoms with Gasteiger partial charge >= 0.3 is 0 Å². The first-order valence-corrected chi connectivity index (χ1v) is 11.2. The van der Waals surface area contributed by atoms with Gasteiger partial charge in [-0.1, -0.05) is 12.1 Å². The van der Waals surface area contributed by atoms with Crippen LogP contribution in [0.2, 0.25) is 0 Å². The Morgan fingerprint density at radius 2 is 1.88 bits per heavy atom. The van der Waals surface area contributed by atoms with E-state index in [2.05, 4.69) is 45.1 Å². The molecule has 0 aliphatic carbocycles. The summed E-state index contributed by atoms with van der Waals surface area (Å²) in [5, 5.41) is 1.54. The minimum Gasteiger partial charge on any atom is -0.345 e. The molecule has 158 valence electrons. The highest BCUT2D eigenvalue weighted by molar-refractivity contribution is 7.15. The Morgan fingerprint density at radius 3 is 2.70 bits per heavy atom. The van der Waals surface area contributed by atoms with Gasteiger partial charge in [-0.3, -0.25) is 19.7 Å². The van der Waals surface area contributed by atoms with Crippen molar-refractivity contribution in [1.29, 1.82) is 0 Å². The zero-order valence-electron chi connectivity index (χ0n) is 17.6. The molecule has 0 aliphatic heterocycles. The zero-order chi connectivity index (χ0) is 22.4. The Morgan fingerprint density at radius 1 is 0.939 bits per heavy atom. The van der Waals surface area contributed by atoms with Crippen LogP contribution >= 0.6 is 11.3 Å². The van der Waals surface area contributed by atoms with E-state index in [1.165, 1.54) is 4.88 Å². The maximum Gasteiger partial charge on any atom is 0.200 e. The molecule has 0 amide bonds. The van der Waals surface area contributed by atoms with Crippen molar-refractivity contribution in [3.05, 3.63) is 94.6 Å². The van der Waals surface area contributed by atoms with Gasteiger partial charge in [-0.25, -0.2) is 4.98 Å². The molecule has 5 heterocycles. The maximum absolute atomic E-state index is 13.4. The van der Waals surface area contributed by atoms with Crippen molar-refractivity contribution in [1.82, 2.24) is 24.9 Å². The standard InChI is InChI=1S/C26H17N5OS/c1-15-4-7-23(33-15)24-18(16-5-6-21-17(11-16)3-2-8-28-21)12-19-25(32)20(13-30-26(19)31-24)22-14-27-9-10-29-22/h2-14H,1H3,(H,30,31,32). The van der Waals surface area contributed by atoms with Crippen molar-refractivity contribution in [3.63, 3.8) is 0 Å². The number of nitrogens with one attached hydrogen (secondary N) is 1. The number of pyridine rings is 3. The third-order valence-corrected chi connectivity index (χ3v) is 6.60. The van der Waals surface area contributed by atoms with E-state index in [-0.39, 0.29) is 5.43 Å². The number of fused-ring (bicyclic) bond motifs is 2. The predicted octanol–water partition coefficient (Wildman–Crippen LogP) is 5.63. The fourth-order valence-electron chi connectivity index (χ4n) is 3.99. The number of hydrogen-bond donors (Lipinski definition) is 1. The van der Waals surface area contributed by atoms with E-state index in [1.54, 1.807) is 42.3 Å². The number of aromatic amines is 1. The molecule has 0 atom stereocenters. The molecule has 1 N–H and O–H groups in total. The summed E-state index contributed by atoms with van der Waals surface area (Å²) in [6.07, 6.45) is 8.19. The minimum absolute atomic E-state index is 0.130. The highest BCUT2D eigenvalue weighted by atomic mass is 32.1. The smallest absolute Gasteiger partial charge is 0.200 e. The van der Waals surface area contributed by atoms with Crippen molar-refractivity contribution in [2.45, 2.75) is 6.92 Å². The van der Waals surface area contributed by atoms with Crippen LogP contribution in [0.4, 0.5) is 0 Å². The molecule has 0 fully saturated rings. The van der Waals surface area contributed by atoms with E-state index < -0.39 is 0 Å². The van der Waals surface area contributed by atoms with Crippen LogP contribution in [0, 0.1) is 6.92 Å². The van der Waals surface area contributed by atoms with E-state index in [0.29, 0.717) is 22.3 Å². The highest BCUT2D eigenvalue weighted by Gasteiger charge is 2.17. The molecule has 7 heteroatoms. The summed E-state index contributed by atoms with van der Waals surface area (Å²) >= 11 is 1.68. The van der Waals surface area contributed by atoms with Crippen molar-refractivity contribution in [2.75, 3.05) is 0 Å². The summed E-state index contributed by atoms with van der Waals surface area (Å²) in [5.74, 6) is 0. The first-order valence-electron chi connectivity index (χ1n) is 10.4. The minimum atomic E-state index is -0.130. The SMILES string of the molecule is Cc1ccc(-c2nc3[nH]cc(-c4cnccn4)c(=O)c3cc2-c2ccc3ncccc3c2)s1. The van der Waals surface area contributed by atoms with Gasteiger partial charge in [0.2, 0.25) is 0 Å². The van der Waals surface area contributed by atoms with E-state index >= 15 is 0 Å². The molecule has 0 unspecified atom stereocenters. The molecule has 1 aromatic carbocycles. The average molecular weight is 448 g/mol. The molecule has 0 spiro atoms. The zero-order valence-corrected chi connectivity index (χ0v) is 18.4. The largest absolute Gasteiger partial charge is 0.345 e. The Bertz CT molecular complexity index is 1710. The van der Waals surface area contributed by atoms with Gasteiger partial charge in [-0.2, -0.15) is 0 Å². The van der Waals surface area contributed by atoms with Crippen LogP contribution in [0.5, 0.6) is 0 Å². The second-order valence-electron chi connectivity index (χ2n) is 7.72. The van der Waals surface area contributed by atoms with Gasteiger partial charge in [0.25, 0.3) is 0 Å².